The van der Waals surface area contributed by atoms with Gasteiger partial charge in [0.05, 0.1) is 18.2 Å². The highest BCUT2D eigenvalue weighted by Gasteiger charge is 2.19. The lowest BCUT2D eigenvalue weighted by atomic mass is 10.0. The lowest BCUT2D eigenvalue weighted by molar-refractivity contribution is 0.0482. The lowest BCUT2D eigenvalue weighted by Gasteiger charge is -2.22. The molecule has 0 aromatic heterocycles. The predicted molar refractivity (Wildman–Crippen MR) is 77.3 cm³/mol. The summed E-state index contributed by atoms with van der Waals surface area (Å²) in [5, 5.41) is 20.7. The molecule has 1 aromatic carbocycles. The van der Waals surface area contributed by atoms with Gasteiger partial charge in [0.2, 0.25) is 0 Å². The number of aromatic carboxylic acids is 1. The molecular formula is C15H21NO5. The average molecular weight is 295 g/mol. The van der Waals surface area contributed by atoms with Crippen LogP contribution in [0.5, 0.6) is 0 Å². The molecule has 0 spiro atoms. The Labute approximate surface area is 123 Å². The molecule has 1 aromatic rings. The summed E-state index contributed by atoms with van der Waals surface area (Å²) in [5.41, 5.74) is 0.405. The third-order valence-electron chi connectivity index (χ3n) is 2.62. The minimum atomic E-state index is -0.993. The van der Waals surface area contributed by atoms with Crippen LogP contribution in [-0.2, 0) is 11.2 Å². The number of aliphatic hydroxyl groups excluding tert-OH is 1. The summed E-state index contributed by atoms with van der Waals surface area (Å²) in [6, 6.07) is 5.79. The minimum absolute atomic E-state index is 0.194. The highest BCUT2D eigenvalue weighted by Crippen LogP contribution is 2.09. The fourth-order valence-corrected chi connectivity index (χ4v) is 1.70. The SMILES string of the molecule is CC(C)(C)OC(=O)NC(CO)Cc1ccc(C(=O)O)cc1. The zero-order chi connectivity index (χ0) is 16.0. The van der Waals surface area contributed by atoms with E-state index in [1.165, 1.54) is 12.1 Å². The van der Waals surface area contributed by atoms with Gasteiger partial charge in [-0.25, -0.2) is 9.59 Å². The molecule has 0 saturated carbocycles. The molecule has 1 amide bonds. The molecule has 1 unspecified atom stereocenters. The van der Waals surface area contributed by atoms with Gasteiger partial charge in [0.15, 0.2) is 0 Å². The summed E-state index contributed by atoms with van der Waals surface area (Å²) < 4.78 is 5.12. The van der Waals surface area contributed by atoms with E-state index in [0.29, 0.717) is 6.42 Å². The topological polar surface area (TPSA) is 95.9 Å². The first-order valence-electron chi connectivity index (χ1n) is 6.64. The molecule has 116 valence electrons. The van der Waals surface area contributed by atoms with E-state index in [1.807, 2.05) is 0 Å². The predicted octanol–water partition coefficient (Wildman–Crippen LogP) is 1.81. The van der Waals surface area contributed by atoms with E-state index in [-0.39, 0.29) is 12.2 Å². The second-order valence-electron chi connectivity index (χ2n) is 5.73. The first-order chi connectivity index (χ1) is 9.71. The van der Waals surface area contributed by atoms with Gasteiger partial charge in [-0.2, -0.15) is 0 Å². The number of alkyl carbamates (subject to hydrolysis) is 1. The smallest absolute Gasteiger partial charge is 0.407 e. The van der Waals surface area contributed by atoms with Crippen molar-refractivity contribution in [2.75, 3.05) is 6.61 Å². The maximum absolute atomic E-state index is 11.6. The number of hydrogen-bond acceptors (Lipinski definition) is 4. The number of benzene rings is 1. The van der Waals surface area contributed by atoms with Crippen molar-refractivity contribution in [3.05, 3.63) is 35.4 Å². The Bertz CT molecular complexity index is 490. The second-order valence-corrected chi connectivity index (χ2v) is 5.73. The number of carbonyl (C=O) groups is 2. The van der Waals surface area contributed by atoms with Crippen molar-refractivity contribution in [1.82, 2.24) is 5.32 Å². The van der Waals surface area contributed by atoms with Crippen molar-refractivity contribution in [3.63, 3.8) is 0 Å². The van der Waals surface area contributed by atoms with Gasteiger partial charge in [-0.1, -0.05) is 12.1 Å². The maximum atomic E-state index is 11.6. The lowest BCUT2D eigenvalue weighted by Crippen LogP contribution is -2.42. The Balaban J connectivity index is 2.61. The Morgan fingerprint density at radius 3 is 2.24 bits per heavy atom. The van der Waals surface area contributed by atoms with Crippen LogP contribution in [0.4, 0.5) is 4.79 Å². The number of carbonyl (C=O) groups excluding carboxylic acids is 1. The van der Waals surface area contributed by atoms with Crippen molar-refractivity contribution in [3.8, 4) is 0 Å². The average Bonchev–Trinajstić information content (AvgIpc) is 2.36. The van der Waals surface area contributed by atoms with E-state index < -0.39 is 23.7 Å². The molecular weight excluding hydrogens is 274 g/mol. The summed E-state index contributed by atoms with van der Waals surface area (Å²) in [7, 11) is 0. The van der Waals surface area contributed by atoms with Gasteiger partial charge in [0, 0.05) is 0 Å². The van der Waals surface area contributed by atoms with E-state index in [4.69, 9.17) is 9.84 Å². The molecule has 0 heterocycles. The standard InChI is InChI=1S/C15H21NO5/c1-15(2,3)21-14(20)16-12(9-17)8-10-4-6-11(7-5-10)13(18)19/h4-7,12,17H,8-9H2,1-3H3,(H,16,20)(H,18,19). The number of rotatable bonds is 5. The molecule has 0 saturated heterocycles. The van der Waals surface area contributed by atoms with Crippen LogP contribution in [0.15, 0.2) is 24.3 Å². The van der Waals surface area contributed by atoms with Gasteiger partial charge in [-0.05, 0) is 44.9 Å². The van der Waals surface area contributed by atoms with Gasteiger partial charge >= 0.3 is 12.1 Å². The number of aliphatic hydroxyl groups is 1. The molecule has 0 fully saturated rings. The van der Waals surface area contributed by atoms with Gasteiger partial charge in [0.25, 0.3) is 0 Å². The van der Waals surface area contributed by atoms with E-state index in [1.54, 1.807) is 32.9 Å². The highest BCUT2D eigenvalue weighted by atomic mass is 16.6. The van der Waals surface area contributed by atoms with Crippen LogP contribution in [0.25, 0.3) is 0 Å². The third kappa shape index (κ3) is 6.27. The Kier molecular flexibility index (Phi) is 5.72. The zero-order valence-electron chi connectivity index (χ0n) is 12.4. The molecule has 0 aliphatic heterocycles. The third-order valence-corrected chi connectivity index (χ3v) is 2.62. The normalized spacial score (nSPS) is 12.6. The largest absolute Gasteiger partial charge is 0.478 e. The van der Waals surface area contributed by atoms with E-state index in [9.17, 15) is 14.7 Å². The molecule has 6 nitrogen and oxygen atoms in total. The van der Waals surface area contributed by atoms with Crippen LogP contribution in [0.1, 0.15) is 36.7 Å². The summed E-state index contributed by atoms with van der Waals surface area (Å²) in [6.07, 6.45) is -0.209. The first-order valence-corrected chi connectivity index (χ1v) is 6.64. The van der Waals surface area contributed by atoms with Crippen molar-refractivity contribution in [2.45, 2.75) is 38.8 Å². The Hall–Kier alpha value is -2.08. The molecule has 0 aliphatic rings. The summed E-state index contributed by atoms with van der Waals surface area (Å²) in [6.45, 7) is 5.03. The fourth-order valence-electron chi connectivity index (χ4n) is 1.70. The summed E-state index contributed by atoms with van der Waals surface area (Å²) >= 11 is 0. The molecule has 6 heteroatoms. The van der Waals surface area contributed by atoms with Crippen molar-refractivity contribution < 1.29 is 24.5 Å². The van der Waals surface area contributed by atoms with E-state index >= 15 is 0 Å². The maximum Gasteiger partial charge on any atom is 0.407 e. The molecule has 0 aliphatic carbocycles. The molecule has 1 atom stereocenters. The van der Waals surface area contributed by atoms with Crippen molar-refractivity contribution >= 4 is 12.1 Å². The van der Waals surface area contributed by atoms with Crippen LogP contribution in [-0.4, -0.2) is 40.5 Å². The highest BCUT2D eigenvalue weighted by molar-refractivity contribution is 5.87. The van der Waals surface area contributed by atoms with Gasteiger partial charge in [-0.15, -0.1) is 0 Å². The van der Waals surface area contributed by atoms with Gasteiger partial charge < -0.3 is 20.3 Å². The molecule has 3 N–H and O–H groups in total. The van der Waals surface area contributed by atoms with E-state index in [2.05, 4.69) is 5.32 Å². The van der Waals surface area contributed by atoms with Crippen LogP contribution >= 0.6 is 0 Å². The number of carboxylic acid groups (broad SMARTS) is 1. The number of nitrogens with one attached hydrogen (secondary N) is 1. The molecule has 0 radical (unpaired) electrons. The Morgan fingerprint density at radius 2 is 1.81 bits per heavy atom. The van der Waals surface area contributed by atoms with Crippen molar-refractivity contribution in [1.29, 1.82) is 0 Å². The van der Waals surface area contributed by atoms with Crippen LogP contribution in [0.2, 0.25) is 0 Å². The first kappa shape index (κ1) is 17.0. The number of hydrogen-bond donors (Lipinski definition) is 3. The van der Waals surface area contributed by atoms with Crippen LogP contribution < -0.4 is 5.32 Å². The summed E-state index contributed by atoms with van der Waals surface area (Å²) in [4.78, 5) is 22.4. The van der Waals surface area contributed by atoms with Crippen LogP contribution in [0.3, 0.4) is 0 Å². The van der Waals surface area contributed by atoms with E-state index in [0.717, 1.165) is 5.56 Å². The fraction of sp³-hybridized carbons (Fsp3) is 0.467. The quantitative estimate of drug-likeness (QED) is 0.770. The summed E-state index contributed by atoms with van der Waals surface area (Å²) in [5.74, 6) is -0.993. The second kappa shape index (κ2) is 7.08. The number of amides is 1. The van der Waals surface area contributed by atoms with Gasteiger partial charge in [-0.3, -0.25) is 0 Å². The molecule has 0 bridgehead atoms. The zero-order valence-corrected chi connectivity index (χ0v) is 12.4. The van der Waals surface area contributed by atoms with Crippen LogP contribution in [0, 0.1) is 0 Å². The molecule has 21 heavy (non-hydrogen) atoms. The minimum Gasteiger partial charge on any atom is -0.478 e. The molecule has 1 rings (SSSR count). The Morgan fingerprint density at radius 1 is 1.24 bits per heavy atom. The number of ether oxygens (including phenoxy) is 1. The monoisotopic (exact) mass is 295 g/mol. The van der Waals surface area contributed by atoms with Crippen molar-refractivity contribution in [2.24, 2.45) is 0 Å². The number of carboxylic acids is 1. The van der Waals surface area contributed by atoms with Gasteiger partial charge in [0.1, 0.15) is 5.60 Å².